The van der Waals surface area contributed by atoms with Crippen LogP contribution in [0.15, 0.2) is 24.3 Å². The highest BCUT2D eigenvalue weighted by Crippen LogP contribution is 2.25. The summed E-state index contributed by atoms with van der Waals surface area (Å²) in [4.78, 5) is 10.4. The molecular weight excluding hydrogens is 223 g/mol. The lowest BCUT2D eigenvalue weighted by molar-refractivity contribution is -0.131. The minimum Gasteiger partial charge on any atom is -0.487 e. The second-order valence-electron chi connectivity index (χ2n) is 3.67. The van der Waals surface area contributed by atoms with E-state index in [4.69, 9.17) is 9.84 Å². The molecule has 1 aromatic carbocycles. The molecular formula is C13H15FO3. The highest BCUT2D eigenvalue weighted by Gasteiger charge is 2.10. The minimum absolute atomic E-state index is 0.0966. The Morgan fingerprint density at radius 2 is 2.29 bits per heavy atom. The molecule has 3 nitrogen and oxygen atoms in total. The van der Waals surface area contributed by atoms with Gasteiger partial charge in [0.15, 0.2) is 11.6 Å². The molecule has 0 spiro atoms. The van der Waals surface area contributed by atoms with Crippen molar-refractivity contribution in [3.05, 3.63) is 35.7 Å². The monoisotopic (exact) mass is 238 g/mol. The molecule has 0 bridgehead atoms. The molecule has 1 atom stereocenters. The van der Waals surface area contributed by atoms with Gasteiger partial charge in [-0.2, -0.15) is 0 Å². The van der Waals surface area contributed by atoms with E-state index in [1.54, 1.807) is 6.07 Å². The van der Waals surface area contributed by atoms with Crippen LogP contribution >= 0.6 is 0 Å². The average Bonchev–Trinajstić information content (AvgIpc) is 2.29. The molecule has 17 heavy (non-hydrogen) atoms. The van der Waals surface area contributed by atoms with E-state index in [0.29, 0.717) is 5.56 Å². The Hall–Kier alpha value is -1.84. The van der Waals surface area contributed by atoms with Gasteiger partial charge in [0.2, 0.25) is 0 Å². The molecule has 0 aliphatic heterocycles. The minimum atomic E-state index is -1.08. The third kappa shape index (κ3) is 3.90. The summed E-state index contributed by atoms with van der Waals surface area (Å²) in [5, 5.41) is 8.54. The molecule has 0 saturated heterocycles. The predicted molar refractivity (Wildman–Crippen MR) is 63.5 cm³/mol. The zero-order valence-corrected chi connectivity index (χ0v) is 9.81. The van der Waals surface area contributed by atoms with Crippen LogP contribution in [0.3, 0.4) is 0 Å². The van der Waals surface area contributed by atoms with Gasteiger partial charge < -0.3 is 9.84 Å². The SMILES string of the molecule is CCC(C)Oc1c(F)cccc1/C=C/C(=O)O. The van der Waals surface area contributed by atoms with E-state index in [1.807, 2.05) is 13.8 Å². The Labute approximate surface area is 99.5 Å². The van der Waals surface area contributed by atoms with Crippen LogP contribution in [-0.4, -0.2) is 17.2 Å². The van der Waals surface area contributed by atoms with Gasteiger partial charge in [-0.15, -0.1) is 0 Å². The molecule has 0 amide bonds. The van der Waals surface area contributed by atoms with Crippen LogP contribution in [0, 0.1) is 5.82 Å². The van der Waals surface area contributed by atoms with Crippen LogP contribution in [0.5, 0.6) is 5.75 Å². The number of benzene rings is 1. The van der Waals surface area contributed by atoms with Gasteiger partial charge >= 0.3 is 5.97 Å². The molecule has 1 unspecified atom stereocenters. The lowest BCUT2D eigenvalue weighted by Crippen LogP contribution is -2.11. The molecule has 92 valence electrons. The number of carbonyl (C=O) groups is 1. The molecule has 0 radical (unpaired) electrons. The summed E-state index contributed by atoms with van der Waals surface area (Å²) in [7, 11) is 0. The lowest BCUT2D eigenvalue weighted by atomic mass is 10.1. The molecule has 0 aliphatic carbocycles. The van der Waals surface area contributed by atoms with Crippen LogP contribution < -0.4 is 4.74 Å². The number of carboxylic acid groups (broad SMARTS) is 1. The molecule has 0 aromatic heterocycles. The smallest absolute Gasteiger partial charge is 0.328 e. The lowest BCUT2D eigenvalue weighted by Gasteiger charge is -2.15. The molecule has 0 fully saturated rings. The van der Waals surface area contributed by atoms with Crippen molar-refractivity contribution < 1.29 is 19.0 Å². The first-order valence-electron chi connectivity index (χ1n) is 5.40. The first-order valence-corrected chi connectivity index (χ1v) is 5.40. The number of ether oxygens (including phenoxy) is 1. The molecule has 0 saturated carbocycles. The first kappa shape index (κ1) is 13.2. The van der Waals surface area contributed by atoms with E-state index in [9.17, 15) is 9.18 Å². The molecule has 0 heterocycles. The molecule has 1 N–H and O–H groups in total. The maximum absolute atomic E-state index is 13.6. The summed E-state index contributed by atoms with van der Waals surface area (Å²) in [5.41, 5.74) is 0.424. The van der Waals surface area contributed by atoms with Crippen molar-refractivity contribution in [3.63, 3.8) is 0 Å². The van der Waals surface area contributed by atoms with Crippen molar-refractivity contribution in [2.45, 2.75) is 26.4 Å². The second-order valence-corrected chi connectivity index (χ2v) is 3.67. The number of halogens is 1. The number of hydrogen-bond donors (Lipinski definition) is 1. The number of rotatable bonds is 5. The normalized spacial score (nSPS) is 12.6. The Morgan fingerprint density at radius 3 is 2.88 bits per heavy atom. The molecule has 1 rings (SSSR count). The fourth-order valence-electron chi connectivity index (χ4n) is 1.23. The number of carboxylic acids is 1. The van der Waals surface area contributed by atoms with Crippen molar-refractivity contribution >= 4 is 12.0 Å². The average molecular weight is 238 g/mol. The van der Waals surface area contributed by atoms with E-state index in [0.717, 1.165) is 12.5 Å². The standard InChI is InChI=1S/C13H15FO3/c1-3-9(2)17-13-10(7-8-12(15)16)5-4-6-11(13)14/h4-9H,3H2,1-2H3,(H,15,16)/b8-7+. The maximum Gasteiger partial charge on any atom is 0.328 e. The van der Waals surface area contributed by atoms with Gasteiger partial charge in [-0.3, -0.25) is 0 Å². The summed E-state index contributed by atoms with van der Waals surface area (Å²) >= 11 is 0. The van der Waals surface area contributed by atoms with Crippen LogP contribution in [-0.2, 0) is 4.79 Å². The van der Waals surface area contributed by atoms with Gasteiger partial charge in [0.25, 0.3) is 0 Å². The van der Waals surface area contributed by atoms with Crippen molar-refractivity contribution in [1.82, 2.24) is 0 Å². The number of para-hydroxylation sites is 1. The topological polar surface area (TPSA) is 46.5 Å². The summed E-state index contributed by atoms with van der Waals surface area (Å²) in [6, 6.07) is 4.41. The highest BCUT2D eigenvalue weighted by molar-refractivity contribution is 5.85. The van der Waals surface area contributed by atoms with Gasteiger partial charge in [0.1, 0.15) is 0 Å². The van der Waals surface area contributed by atoms with E-state index in [2.05, 4.69) is 0 Å². The van der Waals surface area contributed by atoms with E-state index < -0.39 is 11.8 Å². The largest absolute Gasteiger partial charge is 0.487 e. The zero-order valence-electron chi connectivity index (χ0n) is 9.81. The third-order valence-electron chi connectivity index (χ3n) is 2.30. The summed E-state index contributed by atoms with van der Waals surface area (Å²) in [6.45, 7) is 3.76. The van der Waals surface area contributed by atoms with Crippen molar-refractivity contribution in [3.8, 4) is 5.75 Å². The highest BCUT2D eigenvalue weighted by atomic mass is 19.1. The summed E-state index contributed by atoms with van der Waals surface area (Å²) < 4.78 is 19.0. The Bertz CT molecular complexity index is 427. The first-order chi connectivity index (χ1) is 8.04. The van der Waals surface area contributed by atoms with Gasteiger partial charge in [-0.1, -0.05) is 19.1 Å². The van der Waals surface area contributed by atoms with E-state index >= 15 is 0 Å². The Kier molecular flexibility index (Phi) is 4.69. The molecule has 1 aromatic rings. The fraction of sp³-hybridized carbons (Fsp3) is 0.308. The van der Waals surface area contributed by atoms with Gasteiger partial charge in [0.05, 0.1) is 6.10 Å². The summed E-state index contributed by atoms with van der Waals surface area (Å²) in [6.07, 6.45) is 2.90. The Morgan fingerprint density at radius 1 is 1.59 bits per heavy atom. The fourth-order valence-corrected chi connectivity index (χ4v) is 1.23. The maximum atomic E-state index is 13.6. The van der Waals surface area contributed by atoms with Crippen molar-refractivity contribution in [1.29, 1.82) is 0 Å². The number of aliphatic carboxylic acids is 1. The van der Waals surface area contributed by atoms with Crippen LogP contribution in [0.25, 0.3) is 6.08 Å². The van der Waals surface area contributed by atoms with Crippen molar-refractivity contribution in [2.75, 3.05) is 0 Å². The Balaban J connectivity index is 3.03. The zero-order chi connectivity index (χ0) is 12.8. The van der Waals surface area contributed by atoms with Gasteiger partial charge in [-0.25, -0.2) is 9.18 Å². The van der Waals surface area contributed by atoms with Gasteiger partial charge in [-0.05, 0) is 25.5 Å². The second kappa shape index (κ2) is 6.03. The number of hydrogen-bond acceptors (Lipinski definition) is 2. The molecule has 4 heteroatoms. The van der Waals surface area contributed by atoms with Gasteiger partial charge in [0, 0.05) is 11.6 Å². The van der Waals surface area contributed by atoms with Crippen LogP contribution in [0.4, 0.5) is 4.39 Å². The summed E-state index contributed by atoms with van der Waals surface area (Å²) in [5.74, 6) is -1.47. The predicted octanol–water partition coefficient (Wildman–Crippen LogP) is 3.10. The van der Waals surface area contributed by atoms with Crippen LogP contribution in [0.2, 0.25) is 0 Å². The van der Waals surface area contributed by atoms with E-state index in [-0.39, 0.29) is 11.9 Å². The quantitative estimate of drug-likeness (QED) is 0.802. The van der Waals surface area contributed by atoms with E-state index in [1.165, 1.54) is 18.2 Å². The molecule has 0 aliphatic rings. The van der Waals surface area contributed by atoms with Crippen molar-refractivity contribution in [2.24, 2.45) is 0 Å². The van der Waals surface area contributed by atoms with Crippen LogP contribution in [0.1, 0.15) is 25.8 Å². The third-order valence-corrected chi connectivity index (χ3v) is 2.30.